The topological polar surface area (TPSA) is 111 Å². The third-order valence-corrected chi connectivity index (χ3v) is 1.37. The van der Waals surface area contributed by atoms with Crippen molar-refractivity contribution in [2.24, 2.45) is 12.8 Å². The molecule has 0 radical (unpaired) electrons. The van der Waals surface area contributed by atoms with Crippen molar-refractivity contribution in [3.8, 4) is 0 Å². The van der Waals surface area contributed by atoms with Crippen molar-refractivity contribution >= 4 is 11.5 Å². The third kappa shape index (κ3) is 1.11. The highest BCUT2D eigenvalue weighted by molar-refractivity contribution is 5.96. The number of amidine groups is 1. The lowest BCUT2D eigenvalue weighted by Crippen LogP contribution is -2.17. The molecule has 0 saturated carbocycles. The van der Waals surface area contributed by atoms with Crippen LogP contribution >= 0.6 is 0 Å². The molecule has 0 bridgehead atoms. The average molecular weight is 169 g/mol. The summed E-state index contributed by atoms with van der Waals surface area (Å²) in [4.78, 5) is 9.72. The molecule has 1 aromatic heterocycles. The van der Waals surface area contributed by atoms with E-state index in [9.17, 15) is 10.1 Å². The summed E-state index contributed by atoms with van der Waals surface area (Å²) in [5.41, 5.74) is 4.90. The maximum Gasteiger partial charge on any atom is 0.318 e. The van der Waals surface area contributed by atoms with E-state index >= 15 is 0 Å². The van der Waals surface area contributed by atoms with Crippen LogP contribution in [-0.2, 0) is 7.05 Å². The molecule has 1 heterocycles. The third-order valence-electron chi connectivity index (χ3n) is 1.37. The first-order chi connectivity index (χ1) is 5.54. The second-order valence-corrected chi connectivity index (χ2v) is 2.17. The van der Waals surface area contributed by atoms with Gasteiger partial charge in [-0.25, -0.2) is 0 Å². The number of nitrogens with zero attached hydrogens (tertiary/aromatic N) is 3. The summed E-state index contributed by atoms with van der Waals surface area (Å²) >= 11 is 0. The van der Waals surface area contributed by atoms with Gasteiger partial charge in [-0.05, 0) is 0 Å². The van der Waals surface area contributed by atoms with E-state index in [0.29, 0.717) is 0 Å². The van der Waals surface area contributed by atoms with Crippen LogP contribution in [0.1, 0.15) is 5.69 Å². The van der Waals surface area contributed by atoms with E-state index in [4.69, 9.17) is 11.1 Å². The van der Waals surface area contributed by atoms with Gasteiger partial charge < -0.3 is 5.73 Å². The van der Waals surface area contributed by atoms with E-state index in [1.165, 1.54) is 11.7 Å². The number of aromatic nitrogens is 2. The lowest BCUT2D eigenvalue weighted by atomic mass is 10.3. The van der Waals surface area contributed by atoms with Crippen LogP contribution in [0, 0.1) is 15.5 Å². The van der Waals surface area contributed by atoms with Crippen LogP contribution < -0.4 is 5.73 Å². The molecule has 7 nitrogen and oxygen atoms in total. The number of nitro groups is 1. The fourth-order valence-corrected chi connectivity index (χ4v) is 0.872. The summed E-state index contributed by atoms with van der Waals surface area (Å²) in [6.45, 7) is 0. The SMILES string of the molecule is Cn1ncc([N+](=O)[O-])c1C(=N)N. The van der Waals surface area contributed by atoms with Gasteiger partial charge >= 0.3 is 5.69 Å². The highest BCUT2D eigenvalue weighted by Crippen LogP contribution is 2.15. The van der Waals surface area contributed by atoms with Crippen LogP contribution in [0.5, 0.6) is 0 Å². The minimum atomic E-state index is -0.621. The molecule has 64 valence electrons. The van der Waals surface area contributed by atoms with Gasteiger partial charge in [0, 0.05) is 7.05 Å². The van der Waals surface area contributed by atoms with Crippen LogP contribution in [0.2, 0.25) is 0 Å². The maximum atomic E-state index is 10.3. The molecule has 0 aromatic carbocycles. The first-order valence-corrected chi connectivity index (χ1v) is 3.05. The van der Waals surface area contributed by atoms with Gasteiger partial charge in [0.1, 0.15) is 12.0 Å². The van der Waals surface area contributed by atoms with Crippen molar-refractivity contribution in [1.29, 1.82) is 5.41 Å². The van der Waals surface area contributed by atoms with Crippen molar-refractivity contribution in [2.75, 3.05) is 0 Å². The van der Waals surface area contributed by atoms with Crippen LogP contribution in [0.25, 0.3) is 0 Å². The molecule has 0 fully saturated rings. The summed E-state index contributed by atoms with van der Waals surface area (Å²) in [7, 11) is 1.49. The Morgan fingerprint density at radius 2 is 2.50 bits per heavy atom. The zero-order valence-electron chi connectivity index (χ0n) is 6.31. The lowest BCUT2D eigenvalue weighted by Gasteiger charge is -1.96. The van der Waals surface area contributed by atoms with E-state index in [-0.39, 0.29) is 17.2 Å². The van der Waals surface area contributed by atoms with Gasteiger partial charge in [-0.3, -0.25) is 20.2 Å². The van der Waals surface area contributed by atoms with Crippen LogP contribution in [-0.4, -0.2) is 20.5 Å². The van der Waals surface area contributed by atoms with Crippen molar-refractivity contribution < 1.29 is 4.92 Å². The summed E-state index contributed by atoms with van der Waals surface area (Å²) in [6.07, 6.45) is 1.07. The van der Waals surface area contributed by atoms with Gasteiger partial charge in [-0.15, -0.1) is 0 Å². The summed E-state index contributed by atoms with van der Waals surface area (Å²) < 4.78 is 1.19. The molecule has 1 rings (SSSR count). The van der Waals surface area contributed by atoms with Crippen LogP contribution in [0.15, 0.2) is 6.20 Å². The number of hydrogen-bond acceptors (Lipinski definition) is 4. The Hall–Kier alpha value is -1.92. The molecule has 0 aliphatic carbocycles. The smallest absolute Gasteiger partial charge is 0.318 e. The fraction of sp³-hybridized carbons (Fsp3) is 0.200. The number of nitrogens with two attached hydrogens (primary N) is 1. The number of hydrogen-bond donors (Lipinski definition) is 2. The molecule has 0 unspecified atom stereocenters. The Balaban J connectivity index is 3.31. The second kappa shape index (κ2) is 2.61. The highest BCUT2D eigenvalue weighted by atomic mass is 16.6. The van der Waals surface area contributed by atoms with Gasteiger partial charge in [-0.2, -0.15) is 5.10 Å². The van der Waals surface area contributed by atoms with Gasteiger partial charge in [-0.1, -0.05) is 0 Å². The van der Waals surface area contributed by atoms with Crippen LogP contribution in [0.4, 0.5) is 5.69 Å². The molecule has 0 spiro atoms. The normalized spacial score (nSPS) is 9.75. The fourth-order valence-electron chi connectivity index (χ4n) is 0.872. The Morgan fingerprint density at radius 3 is 2.83 bits per heavy atom. The maximum absolute atomic E-state index is 10.3. The van der Waals surface area contributed by atoms with Crippen molar-refractivity contribution in [3.63, 3.8) is 0 Å². The average Bonchev–Trinajstić information content (AvgIpc) is 2.30. The van der Waals surface area contributed by atoms with Crippen molar-refractivity contribution in [2.45, 2.75) is 0 Å². The monoisotopic (exact) mass is 169 g/mol. The largest absolute Gasteiger partial charge is 0.382 e. The molecular weight excluding hydrogens is 162 g/mol. The van der Waals surface area contributed by atoms with Crippen LogP contribution in [0.3, 0.4) is 0 Å². The zero-order chi connectivity index (χ0) is 9.30. The van der Waals surface area contributed by atoms with Gasteiger partial charge in [0.25, 0.3) is 0 Å². The Bertz CT molecular complexity index is 342. The van der Waals surface area contributed by atoms with Gasteiger partial charge in [0.15, 0.2) is 5.69 Å². The molecule has 12 heavy (non-hydrogen) atoms. The lowest BCUT2D eigenvalue weighted by molar-refractivity contribution is -0.385. The molecular formula is C5H7N5O2. The Labute approximate surface area is 67.4 Å². The van der Waals surface area contributed by atoms with E-state index in [2.05, 4.69) is 5.10 Å². The molecule has 1 aromatic rings. The number of aryl methyl sites for hydroxylation is 1. The zero-order valence-corrected chi connectivity index (χ0v) is 6.31. The van der Waals surface area contributed by atoms with E-state index in [1.54, 1.807) is 0 Å². The Kier molecular flexibility index (Phi) is 1.78. The molecule has 0 aliphatic heterocycles. The molecule has 0 amide bonds. The summed E-state index contributed by atoms with van der Waals surface area (Å²) in [5, 5.41) is 21.0. The first-order valence-electron chi connectivity index (χ1n) is 3.05. The Morgan fingerprint density at radius 1 is 1.92 bits per heavy atom. The molecule has 0 saturated heterocycles. The predicted octanol–water partition coefficient (Wildman–Crippen LogP) is -0.388. The number of nitrogen functional groups attached to an aromatic ring is 1. The van der Waals surface area contributed by atoms with Gasteiger partial charge in [0.05, 0.1) is 4.92 Å². The highest BCUT2D eigenvalue weighted by Gasteiger charge is 2.20. The number of nitrogens with one attached hydrogen (secondary N) is 1. The number of rotatable bonds is 2. The quantitative estimate of drug-likeness (QED) is 0.272. The second-order valence-electron chi connectivity index (χ2n) is 2.17. The molecule has 3 N–H and O–H groups in total. The van der Waals surface area contributed by atoms with Crippen molar-refractivity contribution in [1.82, 2.24) is 9.78 Å². The van der Waals surface area contributed by atoms with Gasteiger partial charge in [0.2, 0.25) is 0 Å². The standard InChI is InChI=1S/C5H7N5O2/c1-9-4(5(6)7)3(2-8-9)10(11)12/h2H,1H3,(H3,6,7). The minimum absolute atomic E-state index is 0.0278. The molecule has 0 aliphatic rings. The molecule has 7 heteroatoms. The summed E-state index contributed by atoms with van der Waals surface area (Å²) in [5.74, 6) is -0.360. The van der Waals surface area contributed by atoms with E-state index in [0.717, 1.165) is 6.20 Å². The van der Waals surface area contributed by atoms with E-state index in [1.807, 2.05) is 0 Å². The van der Waals surface area contributed by atoms with Crippen molar-refractivity contribution in [3.05, 3.63) is 22.0 Å². The predicted molar refractivity (Wildman–Crippen MR) is 40.9 cm³/mol. The summed E-state index contributed by atoms with van der Waals surface area (Å²) in [6, 6.07) is 0. The molecule has 0 atom stereocenters. The first kappa shape index (κ1) is 8.18. The minimum Gasteiger partial charge on any atom is -0.382 e. The van der Waals surface area contributed by atoms with E-state index < -0.39 is 4.92 Å².